The predicted molar refractivity (Wildman–Crippen MR) is 119 cm³/mol. The topological polar surface area (TPSA) is 54.2 Å². The van der Waals surface area contributed by atoms with Crippen LogP contribution in [0.5, 0.6) is 0 Å². The summed E-state index contributed by atoms with van der Waals surface area (Å²) in [5, 5.41) is 11.1. The van der Waals surface area contributed by atoms with E-state index in [0.29, 0.717) is 0 Å². The monoisotopic (exact) mass is 473 g/mol. The fourth-order valence-corrected chi connectivity index (χ4v) is 2.43. The highest BCUT2D eigenvalue weighted by molar-refractivity contribution is 14.0. The molecule has 0 aliphatic carbocycles. The van der Waals surface area contributed by atoms with E-state index in [2.05, 4.69) is 72.0 Å². The Morgan fingerprint density at radius 1 is 1.36 bits per heavy atom. The van der Waals surface area contributed by atoms with Gasteiger partial charge in [-0.3, -0.25) is 4.99 Å². The van der Waals surface area contributed by atoms with Gasteiger partial charge in [0.05, 0.1) is 11.7 Å². The van der Waals surface area contributed by atoms with Gasteiger partial charge in [0.1, 0.15) is 0 Å². The fourth-order valence-electron chi connectivity index (χ4n) is 2.21. The number of aliphatic imine (C=N–C) groups is 1. The lowest BCUT2D eigenvalue weighted by molar-refractivity contribution is 0.639. The summed E-state index contributed by atoms with van der Waals surface area (Å²) in [6, 6.07) is 10.4. The first-order valence-corrected chi connectivity index (χ1v) is 9.30. The third kappa shape index (κ3) is 6.54. The Balaban J connectivity index is 0.00000312. The summed E-state index contributed by atoms with van der Waals surface area (Å²) >= 11 is 1.84. The van der Waals surface area contributed by atoms with Gasteiger partial charge in [-0.2, -0.15) is 16.9 Å². The fraction of sp³-hybridized carbons (Fsp3) is 0.444. The lowest BCUT2D eigenvalue weighted by Gasteiger charge is -2.25. The van der Waals surface area contributed by atoms with Gasteiger partial charge in [-0.1, -0.05) is 12.1 Å². The van der Waals surface area contributed by atoms with Crippen LogP contribution in [0.25, 0.3) is 5.69 Å². The number of hydrogen-bond acceptors (Lipinski definition) is 3. The molecule has 138 valence electrons. The van der Waals surface area contributed by atoms with Crippen LogP contribution in [0.4, 0.5) is 0 Å². The van der Waals surface area contributed by atoms with Gasteiger partial charge in [0.15, 0.2) is 5.96 Å². The van der Waals surface area contributed by atoms with E-state index in [1.165, 1.54) is 5.56 Å². The van der Waals surface area contributed by atoms with Crippen LogP contribution in [0.2, 0.25) is 0 Å². The van der Waals surface area contributed by atoms with Crippen molar-refractivity contribution in [2.45, 2.75) is 31.6 Å². The minimum Gasteiger partial charge on any atom is -0.355 e. The molecule has 0 aliphatic heterocycles. The Hall–Kier alpha value is -1.22. The SMILES string of the molecule is CN=C(NCC(C)(C)SC)NC(C)c1cccc(-n2cccn2)c1.I. The molecule has 1 aromatic heterocycles. The van der Waals surface area contributed by atoms with E-state index < -0.39 is 0 Å². The van der Waals surface area contributed by atoms with E-state index in [4.69, 9.17) is 0 Å². The Morgan fingerprint density at radius 3 is 2.72 bits per heavy atom. The molecule has 1 heterocycles. The van der Waals surface area contributed by atoms with Crippen molar-refractivity contribution in [1.82, 2.24) is 20.4 Å². The van der Waals surface area contributed by atoms with Gasteiger partial charge in [0.2, 0.25) is 0 Å². The Kier molecular flexibility index (Phi) is 8.78. The number of hydrogen-bond donors (Lipinski definition) is 2. The van der Waals surface area contributed by atoms with Crippen molar-refractivity contribution in [3.8, 4) is 5.69 Å². The first kappa shape index (κ1) is 21.8. The lowest BCUT2D eigenvalue weighted by Crippen LogP contribution is -2.44. The van der Waals surface area contributed by atoms with Crippen molar-refractivity contribution in [3.63, 3.8) is 0 Å². The average Bonchev–Trinajstić information content (AvgIpc) is 3.13. The van der Waals surface area contributed by atoms with Crippen molar-refractivity contribution in [1.29, 1.82) is 0 Å². The van der Waals surface area contributed by atoms with Crippen molar-refractivity contribution < 1.29 is 0 Å². The summed E-state index contributed by atoms with van der Waals surface area (Å²) in [4.78, 5) is 4.33. The normalized spacial score (nSPS) is 13.1. The molecule has 7 heteroatoms. The van der Waals surface area contributed by atoms with E-state index >= 15 is 0 Å². The maximum Gasteiger partial charge on any atom is 0.191 e. The summed E-state index contributed by atoms with van der Waals surface area (Å²) in [5.41, 5.74) is 2.24. The van der Waals surface area contributed by atoms with Crippen LogP contribution in [0, 0.1) is 0 Å². The minimum absolute atomic E-state index is 0. The number of aromatic nitrogens is 2. The van der Waals surface area contributed by atoms with Gasteiger partial charge in [-0.15, -0.1) is 24.0 Å². The first-order valence-electron chi connectivity index (χ1n) is 8.07. The molecule has 0 radical (unpaired) electrons. The molecule has 2 aromatic rings. The average molecular weight is 473 g/mol. The van der Waals surface area contributed by atoms with Gasteiger partial charge in [-0.25, -0.2) is 4.68 Å². The van der Waals surface area contributed by atoms with E-state index in [-0.39, 0.29) is 34.8 Å². The second-order valence-electron chi connectivity index (χ2n) is 6.30. The van der Waals surface area contributed by atoms with E-state index in [1.807, 2.05) is 28.7 Å². The second kappa shape index (κ2) is 10.1. The third-order valence-electron chi connectivity index (χ3n) is 3.95. The number of nitrogens with one attached hydrogen (secondary N) is 2. The highest BCUT2D eigenvalue weighted by atomic mass is 127. The van der Waals surface area contributed by atoms with Crippen LogP contribution in [0.3, 0.4) is 0 Å². The number of rotatable bonds is 6. The van der Waals surface area contributed by atoms with Gasteiger partial charge in [-0.05, 0) is 50.8 Å². The molecule has 0 spiro atoms. The molecule has 0 bridgehead atoms. The predicted octanol–water partition coefficient (Wildman–Crippen LogP) is 3.86. The van der Waals surface area contributed by atoms with Gasteiger partial charge < -0.3 is 10.6 Å². The molecule has 0 amide bonds. The van der Waals surface area contributed by atoms with Crippen LogP contribution in [-0.2, 0) is 0 Å². The molecule has 0 fully saturated rings. The maximum atomic E-state index is 4.33. The van der Waals surface area contributed by atoms with E-state index in [9.17, 15) is 0 Å². The third-order valence-corrected chi connectivity index (χ3v) is 5.20. The zero-order valence-electron chi connectivity index (χ0n) is 15.5. The summed E-state index contributed by atoms with van der Waals surface area (Å²) < 4.78 is 2.03. The minimum atomic E-state index is 0. The lowest BCUT2D eigenvalue weighted by atomic mass is 10.1. The molecule has 2 rings (SSSR count). The van der Waals surface area contributed by atoms with Crippen molar-refractivity contribution in [2.24, 2.45) is 4.99 Å². The molecule has 1 aromatic carbocycles. The van der Waals surface area contributed by atoms with Crippen LogP contribution < -0.4 is 10.6 Å². The van der Waals surface area contributed by atoms with Crippen LogP contribution in [0.1, 0.15) is 32.4 Å². The number of guanidine groups is 1. The molecular formula is C18H28IN5S. The summed E-state index contributed by atoms with van der Waals surface area (Å²) in [6.07, 6.45) is 5.86. The second-order valence-corrected chi connectivity index (χ2v) is 7.81. The Morgan fingerprint density at radius 2 is 2.12 bits per heavy atom. The molecule has 1 atom stereocenters. The van der Waals surface area contributed by atoms with E-state index in [0.717, 1.165) is 18.2 Å². The maximum absolute atomic E-state index is 4.33. The largest absolute Gasteiger partial charge is 0.355 e. The van der Waals surface area contributed by atoms with Crippen molar-refractivity contribution in [2.75, 3.05) is 19.8 Å². The number of benzene rings is 1. The molecule has 2 N–H and O–H groups in total. The molecule has 25 heavy (non-hydrogen) atoms. The molecule has 5 nitrogen and oxygen atoms in total. The summed E-state index contributed by atoms with van der Waals surface area (Å²) in [6.45, 7) is 7.42. The molecular weight excluding hydrogens is 445 g/mol. The Labute approximate surface area is 172 Å². The van der Waals surface area contributed by atoms with Crippen molar-refractivity contribution >= 4 is 41.7 Å². The van der Waals surface area contributed by atoms with E-state index in [1.54, 1.807) is 13.2 Å². The summed E-state index contributed by atoms with van der Waals surface area (Å²) in [5.74, 6) is 0.814. The number of halogens is 1. The zero-order valence-corrected chi connectivity index (χ0v) is 18.6. The quantitative estimate of drug-likeness (QED) is 0.380. The van der Waals surface area contributed by atoms with Crippen LogP contribution >= 0.6 is 35.7 Å². The smallest absolute Gasteiger partial charge is 0.191 e. The molecule has 0 aliphatic rings. The van der Waals surface area contributed by atoms with Gasteiger partial charge in [0, 0.05) is 30.7 Å². The molecule has 0 saturated heterocycles. The standard InChI is InChI=1S/C18H27N5S.HI/c1-14(22-17(19-4)20-13-18(2,3)24-5)15-8-6-9-16(12-15)23-11-7-10-21-23;/h6-12,14H,13H2,1-5H3,(H2,19,20,22);1H. The van der Waals surface area contributed by atoms with Gasteiger partial charge in [0.25, 0.3) is 0 Å². The molecule has 1 unspecified atom stereocenters. The van der Waals surface area contributed by atoms with Crippen LogP contribution in [0.15, 0.2) is 47.7 Å². The zero-order chi connectivity index (χ0) is 17.6. The molecule has 0 saturated carbocycles. The highest BCUT2D eigenvalue weighted by Gasteiger charge is 2.17. The van der Waals surface area contributed by atoms with Crippen LogP contribution in [-0.4, -0.2) is 40.3 Å². The van der Waals surface area contributed by atoms with Crippen molar-refractivity contribution in [3.05, 3.63) is 48.3 Å². The summed E-state index contributed by atoms with van der Waals surface area (Å²) in [7, 11) is 1.80. The number of nitrogens with zero attached hydrogens (tertiary/aromatic N) is 3. The highest BCUT2D eigenvalue weighted by Crippen LogP contribution is 2.20. The number of thioether (sulfide) groups is 1. The first-order chi connectivity index (χ1) is 11.4. The van der Waals surface area contributed by atoms with Gasteiger partial charge >= 0.3 is 0 Å². The Bertz CT molecular complexity index is 670.